The predicted octanol–water partition coefficient (Wildman–Crippen LogP) is 4.44. The highest BCUT2D eigenvalue weighted by atomic mass is 79.9. The standard InChI is InChI=1S/C13H12BrClN4S/c1-7-6-20-13-18-8(2)11(19(7)13)5-16-9-3-10(14)12(15)17-4-9/h3-4,6,16H,5H2,1-2H3. The second kappa shape index (κ2) is 5.35. The normalized spacial score (nSPS) is 11.2. The van der Waals surface area contributed by atoms with E-state index in [1.807, 2.05) is 13.0 Å². The maximum absolute atomic E-state index is 5.89. The van der Waals surface area contributed by atoms with Gasteiger partial charge < -0.3 is 5.32 Å². The minimum absolute atomic E-state index is 0.465. The van der Waals surface area contributed by atoms with Crippen molar-refractivity contribution in [3.8, 4) is 0 Å². The largest absolute Gasteiger partial charge is 0.378 e. The van der Waals surface area contributed by atoms with Crippen molar-refractivity contribution in [1.29, 1.82) is 0 Å². The van der Waals surface area contributed by atoms with Gasteiger partial charge in [0.25, 0.3) is 0 Å². The summed E-state index contributed by atoms with van der Waals surface area (Å²) in [5, 5.41) is 5.94. The zero-order chi connectivity index (χ0) is 14.3. The molecule has 3 aromatic heterocycles. The Morgan fingerprint density at radius 3 is 3.00 bits per heavy atom. The Balaban J connectivity index is 1.88. The summed E-state index contributed by atoms with van der Waals surface area (Å²) < 4.78 is 2.97. The number of aromatic nitrogens is 3. The number of aryl methyl sites for hydroxylation is 2. The number of thiazole rings is 1. The molecule has 0 aliphatic rings. The molecule has 0 saturated carbocycles. The van der Waals surface area contributed by atoms with E-state index in [1.165, 1.54) is 11.4 Å². The monoisotopic (exact) mass is 370 g/mol. The Kier molecular flexibility index (Phi) is 3.70. The van der Waals surface area contributed by atoms with Gasteiger partial charge in [0, 0.05) is 11.1 Å². The van der Waals surface area contributed by atoms with E-state index in [2.05, 4.69) is 47.9 Å². The molecule has 4 nitrogen and oxygen atoms in total. The molecule has 0 saturated heterocycles. The highest BCUT2D eigenvalue weighted by molar-refractivity contribution is 9.10. The summed E-state index contributed by atoms with van der Waals surface area (Å²) in [7, 11) is 0. The zero-order valence-corrected chi connectivity index (χ0v) is 14.1. The fraction of sp³-hybridized carbons (Fsp3) is 0.231. The Hall–Kier alpha value is -1.11. The fourth-order valence-electron chi connectivity index (χ4n) is 2.08. The van der Waals surface area contributed by atoms with Gasteiger partial charge in [0.2, 0.25) is 0 Å². The number of rotatable bonds is 3. The molecule has 0 amide bonds. The summed E-state index contributed by atoms with van der Waals surface area (Å²) >= 11 is 10.9. The van der Waals surface area contributed by atoms with Gasteiger partial charge in [-0.3, -0.25) is 4.40 Å². The second-order valence-corrected chi connectivity index (χ2v) is 6.54. The third-order valence-corrected chi connectivity index (χ3v) is 5.16. The van der Waals surface area contributed by atoms with Gasteiger partial charge in [-0.1, -0.05) is 11.6 Å². The molecule has 7 heteroatoms. The minimum atomic E-state index is 0.465. The highest BCUT2D eigenvalue weighted by Crippen LogP contribution is 2.24. The first kappa shape index (κ1) is 13.9. The van der Waals surface area contributed by atoms with Gasteiger partial charge in [0.1, 0.15) is 5.15 Å². The van der Waals surface area contributed by atoms with Crippen LogP contribution in [0.5, 0.6) is 0 Å². The highest BCUT2D eigenvalue weighted by Gasteiger charge is 2.12. The van der Waals surface area contributed by atoms with Crippen LogP contribution in [0.4, 0.5) is 5.69 Å². The Morgan fingerprint density at radius 2 is 2.25 bits per heavy atom. The van der Waals surface area contributed by atoms with Crippen LogP contribution >= 0.6 is 38.9 Å². The average molecular weight is 372 g/mol. The molecule has 3 aromatic rings. The summed E-state index contributed by atoms with van der Waals surface area (Å²) in [6, 6.07) is 1.92. The minimum Gasteiger partial charge on any atom is -0.378 e. The van der Waals surface area contributed by atoms with E-state index < -0.39 is 0 Å². The maximum Gasteiger partial charge on any atom is 0.194 e. The molecular formula is C13H12BrClN4S. The lowest BCUT2D eigenvalue weighted by molar-refractivity contribution is 0.964. The van der Waals surface area contributed by atoms with Crippen molar-refractivity contribution in [3.63, 3.8) is 0 Å². The van der Waals surface area contributed by atoms with Crippen LogP contribution in [-0.4, -0.2) is 14.4 Å². The van der Waals surface area contributed by atoms with Gasteiger partial charge in [0.15, 0.2) is 4.96 Å². The van der Waals surface area contributed by atoms with E-state index in [-0.39, 0.29) is 0 Å². The average Bonchev–Trinajstić information content (AvgIpc) is 2.91. The number of imidazole rings is 1. The van der Waals surface area contributed by atoms with Crippen LogP contribution in [0.25, 0.3) is 4.96 Å². The van der Waals surface area contributed by atoms with Crippen LogP contribution in [-0.2, 0) is 6.54 Å². The van der Waals surface area contributed by atoms with Crippen LogP contribution < -0.4 is 5.32 Å². The van der Waals surface area contributed by atoms with E-state index in [1.54, 1.807) is 17.5 Å². The van der Waals surface area contributed by atoms with Crippen LogP contribution in [0.3, 0.4) is 0 Å². The summed E-state index contributed by atoms with van der Waals surface area (Å²) in [6.07, 6.45) is 1.72. The lowest BCUT2D eigenvalue weighted by atomic mass is 10.3. The SMILES string of the molecule is Cc1nc2scc(C)n2c1CNc1cnc(Cl)c(Br)c1. The molecule has 1 N–H and O–H groups in total. The topological polar surface area (TPSA) is 42.2 Å². The van der Waals surface area contributed by atoms with Crippen LogP contribution in [0.1, 0.15) is 17.1 Å². The van der Waals surface area contributed by atoms with Crippen molar-refractivity contribution >= 4 is 49.5 Å². The first-order valence-electron chi connectivity index (χ1n) is 6.03. The Morgan fingerprint density at radius 1 is 1.45 bits per heavy atom. The summed E-state index contributed by atoms with van der Waals surface area (Å²) in [5.41, 5.74) is 4.35. The van der Waals surface area contributed by atoms with E-state index in [9.17, 15) is 0 Å². The van der Waals surface area contributed by atoms with Gasteiger partial charge in [-0.15, -0.1) is 11.3 Å². The van der Waals surface area contributed by atoms with Crippen molar-refractivity contribution in [2.75, 3.05) is 5.32 Å². The Labute approximate surface area is 134 Å². The number of halogens is 2. The maximum atomic E-state index is 5.89. The zero-order valence-electron chi connectivity index (χ0n) is 10.9. The number of fused-ring (bicyclic) bond motifs is 1. The predicted molar refractivity (Wildman–Crippen MR) is 86.8 cm³/mol. The molecule has 0 aliphatic carbocycles. The van der Waals surface area contributed by atoms with E-state index >= 15 is 0 Å². The van der Waals surface area contributed by atoms with Crippen LogP contribution in [0.2, 0.25) is 5.15 Å². The fourth-order valence-corrected chi connectivity index (χ4v) is 3.46. The van der Waals surface area contributed by atoms with Crippen molar-refractivity contribution in [3.05, 3.63) is 44.4 Å². The van der Waals surface area contributed by atoms with E-state index in [0.29, 0.717) is 11.7 Å². The molecule has 3 rings (SSSR count). The number of nitrogens with zero attached hydrogens (tertiary/aromatic N) is 3. The van der Waals surface area contributed by atoms with Crippen molar-refractivity contribution in [2.45, 2.75) is 20.4 Å². The van der Waals surface area contributed by atoms with Crippen LogP contribution in [0, 0.1) is 13.8 Å². The van der Waals surface area contributed by atoms with Gasteiger partial charge in [-0.25, -0.2) is 9.97 Å². The quantitative estimate of drug-likeness (QED) is 0.692. The summed E-state index contributed by atoms with van der Waals surface area (Å²) in [4.78, 5) is 9.71. The molecule has 0 unspecified atom stereocenters. The molecule has 0 radical (unpaired) electrons. The number of hydrogen-bond donors (Lipinski definition) is 1. The first-order valence-corrected chi connectivity index (χ1v) is 8.08. The van der Waals surface area contributed by atoms with Gasteiger partial charge in [-0.2, -0.15) is 0 Å². The summed E-state index contributed by atoms with van der Waals surface area (Å²) in [6.45, 7) is 4.82. The van der Waals surface area contributed by atoms with Crippen molar-refractivity contribution in [1.82, 2.24) is 14.4 Å². The van der Waals surface area contributed by atoms with Gasteiger partial charge in [0.05, 0.1) is 34.3 Å². The van der Waals surface area contributed by atoms with Crippen molar-refractivity contribution in [2.24, 2.45) is 0 Å². The molecule has 0 spiro atoms. The molecule has 0 aromatic carbocycles. The molecule has 3 heterocycles. The number of anilines is 1. The molecule has 0 bridgehead atoms. The number of nitrogens with one attached hydrogen (secondary N) is 1. The van der Waals surface area contributed by atoms with Crippen LogP contribution in [0.15, 0.2) is 22.1 Å². The van der Waals surface area contributed by atoms with E-state index in [0.717, 1.165) is 20.8 Å². The van der Waals surface area contributed by atoms with E-state index in [4.69, 9.17) is 11.6 Å². The lowest BCUT2D eigenvalue weighted by Crippen LogP contribution is -2.05. The number of pyridine rings is 1. The molecule has 104 valence electrons. The Bertz CT molecular complexity index is 780. The molecule has 0 aliphatic heterocycles. The molecular weight excluding hydrogens is 360 g/mol. The molecule has 20 heavy (non-hydrogen) atoms. The molecule has 0 atom stereocenters. The van der Waals surface area contributed by atoms with Crippen molar-refractivity contribution < 1.29 is 0 Å². The number of hydrogen-bond acceptors (Lipinski definition) is 4. The lowest BCUT2D eigenvalue weighted by Gasteiger charge is -2.08. The smallest absolute Gasteiger partial charge is 0.194 e. The molecule has 0 fully saturated rings. The second-order valence-electron chi connectivity index (χ2n) is 4.49. The van der Waals surface area contributed by atoms with Gasteiger partial charge in [-0.05, 0) is 35.8 Å². The third-order valence-electron chi connectivity index (χ3n) is 3.09. The summed E-state index contributed by atoms with van der Waals surface area (Å²) in [5.74, 6) is 0. The third kappa shape index (κ3) is 2.43. The first-order chi connectivity index (χ1) is 9.56. The van der Waals surface area contributed by atoms with Gasteiger partial charge >= 0.3 is 0 Å².